The molecule has 0 aromatic carbocycles. The van der Waals surface area contributed by atoms with Gasteiger partial charge in [-0.1, -0.05) is 27.2 Å². The molecule has 0 radical (unpaired) electrons. The van der Waals surface area contributed by atoms with Crippen LogP contribution in [0.4, 0.5) is 13.2 Å². The van der Waals surface area contributed by atoms with Crippen molar-refractivity contribution in [2.75, 3.05) is 6.61 Å². The first-order valence-corrected chi connectivity index (χ1v) is 5.93. The molecule has 1 heterocycles. The minimum absolute atomic E-state index is 0.119. The van der Waals surface area contributed by atoms with Gasteiger partial charge in [-0.15, -0.1) is 0 Å². The Morgan fingerprint density at radius 2 is 1.81 bits per heavy atom. The number of ether oxygens (including phenoxy) is 1. The van der Waals surface area contributed by atoms with Crippen molar-refractivity contribution in [1.82, 2.24) is 0 Å². The Bertz CT molecular complexity index is 215. The lowest BCUT2D eigenvalue weighted by Gasteiger charge is -2.34. The van der Waals surface area contributed by atoms with Crippen molar-refractivity contribution in [2.45, 2.75) is 58.7 Å². The predicted molar refractivity (Wildman–Crippen MR) is 57.2 cm³/mol. The highest BCUT2D eigenvalue weighted by atomic mass is 19.4. The molecule has 16 heavy (non-hydrogen) atoms. The summed E-state index contributed by atoms with van der Waals surface area (Å²) < 4.78 is 42.0. The standard InChI is InChI=1S/C12H21F3O/c1-4-11(2,3)7-9-5-6-10(16-8-9)12(13,14)15/h9-10H,4-8H2,1-3H3/t9-,10-/m1/s1. The van der Waals surface area contributed by atoms with Gasteiger partial charge in [0.25, 0.3) is 0 Å². The maximum Gasteiger partial charge on any atom is 0.414 e. The summed E-state index contributed by atoms with van der Waals surface area (Å²) in [6.07, 6.45) is -2.97. The minimum atomic E-state index is -4.19. The number of hydrogen-bond donors (Lipinski definition) is 0. The summed E-state index contributed by atoms with van der Waals surface area (Å²) in [5.74, 6) is 0.286. The van der Waals surface area contributed by atoms with Crippen molar-refractivity contribution in [3.05, 3.63) is 0 Å². The van der Waals surface area contributed by atoms with Crippen molar-refractivity contribution in [3.8, 4) is 0 Å². The zero-order valence-corrected chi connectivity index (χ0v) is 10.2. The Balaban J connectivity index is 2.38. The summed E-state index contributed by atoms with van der Waals surface area (Å²) in [6, 6.07) is 0. The molecule has 0 unspecified atom stereocenters. The van der Waals surface area contributed by atoms with Crippen molar-refractivity contribution < 1.29 is 17.9 Å². The quantitative estimate of drug-likeness (QED) is 0.717. The van der Waals surface area contributed by atoms with E-state index in [2.05, 4.69) is 20.8 Å². The fraction of sp³-hybridized carbons (Fsp3) is 1.00. The van der Waals surface area contributed by atoms with Crippen LogP contribution in [-0.2, 0) is 4.74 Å². The van der Waals surface area contributed by atoms with Crippen LogP contribution in [0, 0.1) is 11.3 Å². The lowest BCUT2D eigenvalue weighted by molar-refractivity contribution is -0.236. The third-order valence-corrected chi connectivity index (χ3v) is 3.53. The van der Waals surface area contributed by atoms with Crippen LogP contribution < -0.4 is 0 Å². The SMILES string of the molecule is CCC(C)(C)C[C@H]1CC[C@H](C(F)(F)F)OC1. The maximum absolute atomic E-state index is 12.3. The number of alkyl halides is 3. The van der Waals surface area contributed by atoms with Crippen molar-refractivity contribution >= 4 is 0 Å². The van der Waals surface area contributed by atoms with E-state index in [4.69, 9.17) is 4.74 Å². The molecule has 4 heteroatoms. The Morgan fingerprint density at radius 3 is 2.19 bits per heavy atom. The van der Waals surface area contributed by atoms with E-state index in [1.54, 1.807) is 0 Å². The van der Waals surface area contributed by atoms with Gasteiger partial charge >= 0.3 is 6.18 Å². The Hall–Kier alpha value is -0.250. The normalized spacial score (nSPS) is 28.1. The summed E-state index contributed by atoms with van der Waals surface area (Å²) in [6.45, 7) is 6.68. The van der Waals surface area contributed by atoms with E-state index < -0.39 is 12.3 Å². The molecule has 0 bridgehead atoms. The highest BCUT2D eigenvalue weighted by Gasteiger charge is 2.43. The summed E-state index contributed by atoms with van der Waals surface area (Å²) in [7, 11) is 0. The first-order valence-electron chi connectivity index (χ1n) is 5.93. The summed E-state index contributed by atoms with van der Waals surface area (Å²) in [5, 5.41) is 0. The van der Waals surface area contributed by atoms with Gasteiger partial charge in [0.05, 0.1) is 6.61 Å². The van der Waals surface area contributed by atoms with Gasteiger partial charge in [-0.2, -0.15) is 13.2 Å². The Morgan fingerprint density at radius 1 is 1.19 bits per heavy atom. The van der Waals surface area contributed by atoms with Gasteiger partial charge in [-0.05, 0) is 30.6 Å². The van der Waals surface area contributed by atoms with Crippen LogP contribution in [0.25, 0.3) is 0 Å². The molecular formula is C12H21F3O. The molecule has 0 spiro atoms. The van der Waals surface area contributed by atoms with Crippen LogP contribution in [0.3, 0.4) is 0 Å². The fourth-order valence-electron chi connectivity index (χ4n) is 2.15. The molecule has 1 nitrogen and oxygen atoms in total. The third-order valence-electron chi connectivity index (χ3n) is 3.53. The van der Waals surface area contributed by atoms with Crippen LogP contribution in [-0.4, -0.2) is 18.9 Å². The summed E-state index contributed by atoms with van der Waals surface area (Å²) >= 11 is 0. The molecule has 0 saturated carbocycles. The minimum Gasteiger partial charge on any atom is -0.368 e. The van der Waals surface area contributed by atoms with Gasteiger partial charge in [0.15, 0.2) is 6.10 Å². The topological polar surface area (TPSA) is 9.23 Å². The van der Waals surface area contributed by atoms with Crippen molar-refractivity contribution in [3.63, 3.8) is 0 Å². The molecule has 0 amide bonds. The second-order valence-corrected chi connectivity index (χ2v) is 5.53. The van der Waals surface area contributed by atoms with E-state index in [-0.39, 0.29) is 24.4 Å². The Kier molecular flexibility index (Phi) is 4.27. The van der Waals surface area contributed by atoms with Crippen molar-refractivity contribution in [2.24, 2.45) is 11.3 Å². The van der Waals surface area contributed by atoms with Crippen LogP contribution in [0.1, 0.15) is 46.5 Å². The number of hydrogen-bond acceptors (Lipinski definition) is 1. The van der Waals surface area contributed by atoms with E-state index >= 15 is 0 Å². The second-order valence-electron chi connectivity index (χ2n) is 5.53. The van der Waals surface area contributed by atoms with Crippen LogP contribution in [0.15, 0.2) is 0 Å². The van der Waals surface area contributed by atoms with E-state index in [1.165, 1.54) is 0 Å². The molecule has 1 aliphatic rings. The average molecular weight is 238 g/mol. The average Bonchev–Trinajstić information content (AvgIpc) is 2.16. The first kappa shape index (κ1) is 13.8. The zero-order valence-electron chi connectivity index (χ0n) is 10.2. The Labute approximate surface area is 95.4 Å². The monoisotopic (exact) mass is 238 g/mol. The molecule has 1 rings (SSSR count). The maximum atomic E-state index is 12.3. The molecule has 96 valence electrons. The fourth-order valence-corrected chi connectivity index (χ4v) is 2.15. The second kappa shape index (κ2) is 4.94. The van der Waals surface area contributed by atoms with Gasteiger partial charge in [0, 0.05) is 0 Å². The van der Waals surface area contributed by atoms with Crippen LogP contribution in [0.2, 0.25) is 0 Å². The third kappa shape index (κ3) is 3.96. The van der Waals surface area contributed by atoms with Crippen LogP contribution >= 0.6 is 0 Å². The predicted octanol–water partition coefficient (Wildman–Crippen LogP) is 4.17. The molecule has 2 atom stereocenters. The van der Waals surface area contributed by atoms with Gasteiger partial charge in [-0.25, -0.2) is 0 Å². The summed E-state index contributed by atoms with van der Waals surface area (Å²) in [4.78, 5) is 0. The van der Waals surface area contributed by atoms with E-state index in [9.17, 15) is 13.2 Å². The molecule has 0 aromatic rings. The highest BCUT2D eigenvalue weighted by molar-refractivity contribution is 4.79. The van der Waals surface area contributed by atoms with Gasteiger partial charge < -0.3 is 4.74 Å². The lowest BCUT2D eigenvalue weighted by atomic mass is 9.78. The van der Waals surface area contributed by atoms with Gasteiger partial charge in [-0.3, -0.25) is 0 Å². The van der Waals surface area contributed by atoms with E-state index in [0.717, 1.165) is 12.8 Å². The van der Waals surface area contributed by atoms with E-state index in [1.807, 2.05) is 0 Å². The molecule has 1 fully saturated rings. The van der Waals surface area contributed by atoms with Crippen LogP contribution in [0.5, 0.6) is 0 Å². The number of rotatable bonds is 3. The van der Waals surface area contributed by atoms with Gasteiger partial charge in [0.1, 0.15) is 0 Å². The largest absolute Gasteiger partial charge is 0.414 e. The number of halogens is 3. The molecule has 1 aliphatic heterocycles. The van der Waals surface area contributed by atoms with E-state index in [0.29, 0.717) is 6.42 Å². The van der Waals surface area contributed by atoms with Gasteiger partial charge in [0.2, 0.25) is 0 Å². The first-order chi connectivity index (χ1) is 7.24. The molecule has 0 aromatic heterocycles. The molecule has 0 N–H and O–H groups in total. The molecular weight excluding hydrogens is 217 g/mol. The van der Waals surface area contributed by atoms with Crippen molar-refractivity contribution in [1.29, 1.82) is 0 Å². The lowest BCUT2D eigenvalue weighted by Crippen LogP contribution is -2.38. The highest BCUT2D eigenvalue weighted by Crippen LogP contribution is 2.37. The smallest absolute Gasteiger partial charge is 0.368 e. The zero-order chi connectivity index (χ0) is 12.4. The molecule has 0 aliphatic carbocycles. The molecule has 1 saturated heterocycles. The summed E-state index contributed by atoms with van der Waals surface area (Å²) in [5.41, 5.74) is 0.207.